The third-order valence-corrected chi connectivity index (χ3v) is 10.2. The minimum absolute atomic E-state index is 0.295. The molecule has 2 fully saturated rings. The van der Waals surface area contributed by atoms with Crippen LogP contribution in [0.4, 0.5) is 5.82 Å². The Morgan fingerprint density at radius 1 is 0.927 bits per heavy atom. The number of rotatable bonds is 4. The second kappa shape index (κ2) is 9.90. The van der Waals surface area contributed by atoms with Crippen molar-refractivity contribution in [2.75, 3.05) is 39.0 Å². The molecule has 0 spiro atoms. The molecule has 0 atom stereocenters. The Morgan fingerprint density at radius 2 is 1.73 bits per heavy atom. The number of piperazine rings is 1. The third kappa shape index (κ3) is 4.29. The van der Waals surface area contributed by atoms with Gasteiger partial charge in [0, 0.05) is 58.3 Å². The predicted molar refractivity (Wildman–Crippen MR) is 166 cm³/mol. The number of hydrogen-bond donors (Lipinski definition) is 2. The second-order valence-electron chi connectivity index (χ2n) is 11.6. The number of nitrogens with two attached hydrogens (primary N) is 1. The molecule has 0 amide bonds. The number of nitrogens with one attached hydrogen (secondary N) is 1. The van der Waals surface area contributed by atoms with Gasteiger partial charge in [-0.25, -0.2) is 14.6 Å². The van der Waals surface area contributed by atoms with Gasteiger partial charge in [-0.15, -0.1) is 11.3 Å². The molecular weight excluding hydrogens is 530 g/mol. The zero-order chi connectivity index (χ0) is 27.5. The van der Waals surface area contributed by atoms with Crippen molar-refractivity contribution in [1.82, 2.24) is 39.7 Å². The summed E-state index contributed by atoms with van der Waals surface area (Å²) in [5, 5.41) is 16.0. The van der Waals surface area contributed by atoms with Gasteiger partial charge in [0.05, 0.1) is 23.1 Å². The predicted octanol–water partition coefficient (Wildman–Crippen LogP) is 5.56. The average Bonchev–Trinajstić information content (AvgIpc) is 3.74. The van der Waals surface area contributed by atoms with E-state index in [1.807, 2.05) is 6.20 Å². The standard InChI is InChI=1S/C31H33N9S/c1-38-10-12-39(13-11-38)22-6-8-23(9-7-22)40-31-27(30(32)33-18-34-31)29(37-40)20-14-21-17-35-36-28(21)24(15-20)26-16-19-4-2-3-5-25(19)41-26/h2-5,14-18,22-23H,6-13H2,1H3,(H,35,36)(H2,32,33,34)/t22-,23+. The highest BCUT2D eigenvalue weighted by molar-refractivity contribution is 7.22. The van der Waals surface area contributed by atoms with Crippen molar-refractivity contribution in [3.05, 3.63) is 55.0 Å². The van der Waals surface area contributed by atoms with Gasteiger partial charge >= 0.3 is 0 Å². The van der Waals surface area contributed by atoms with Gasteiger partial charge in [-0.2, -0.15) is 10.2 Å². The average molecular weight is 564 g/mol. The van der Waals surface area contributed by atoms with Crippen LogP contribution in [0.3, 0.4) is 0 Å². The lowest BCUT2D eigenvalue weighted by Crippen LogP contribution is -2.49. The maximum absolute atomic E-state index is 6.53. The van der Waals surface area contributed by atoms with Gasteiger partial charge in [0.15, 0.2) is 5.65 Å². The van der Waals surface area contributed by atoms with Crippen LogP contribution in [0.15, 0.2) is 55.0 Å². The van der Waals surface area contributed by atoms with E-state index in [0.29, 0.717) is 17.9 Å². The minimum atomic E-state index is 0.295. The maximum Gasteiger partial charge on any atom is 0.164 e. The van der Waals surface area contributed by atoms with Crippen LogP contribution in [0.2, 0.25) is 0 Å². The summed E-state index contributed by atoms with van der Waals surface area (Å²) in [5.41, 5.74) is 11.3. The fourth-order valence-corrected chi connectivity index (χ4v) is 7.90. The van der Waals surface area contributed by atoms with Crippen molar-refractivity contribution in [2.24, 2.45) is 0 Å². The van der Waals surface area contributed by atoms with Crippen molar-refractivity contribution in [3.8, 4) is 21.7 Å². The van der Waals surface area contributed by atoms with Crippen LogP contribution in [0.25, 0.3) is 53.7 Å². The van der Waals surface area contributed by atoms with E-state index in [1.165, 1.54) is 40.9 Å². The first-order chi connectivity index (χ1) is 20.1. The molecule has 208 valence electrons. The van der Waals surface area contributed by atoms with Gasteiger partial charge in [-0.3, -0.25) is 10.00 Å². The van der Waals surface area contributed by atoms with Gasteiger partial charge in [0.25, 0.3) is 0 Å². The molecule has 10 heteroatoms. The first-order valence-corrected chi connectivity index (χ1v) is 15.3. The number of aromatic nitrogens is 6. The molecule has 2 aliphatic rings. The van der Waals surface area contributed by atoms with Crippen molar-refractivity contribution < 1.29 is 0 Å². The van der Waals surface area contributed by atoms with Crippen LogP contribution < -0.4 is 5.73 Å². The summed E-state index contributed by atoms with van der Waals surface area (Å²) in [7, 11) is 2.22. The zero-order valence-corrected chi connectivity index (χ0v) is 23.9. The Bertz CT molecular complexity index is 1840. The molecule has 5 heterocycles. The van der Waals surface area contributed by atoms with Crippen LogP contribution >= 0.6 is 11.3 Å². The second-order valence-corrected chi connectivity index (χ2v) is 12.6. The number of hydrogen-bond acceptors (Lipinski definition) is 8. The molecule has 0 radical (unpaired) electrons. The number of anilines is 1. The summed E-state index contributed by atoms with van der Waals surface area (Å²) < 4.78 is 3.40. The molecule has 1 saturated heterocycles. The highest BCUT2D eigenvalue weighted by Gasteiger charge is 2.31. The van der Waals surface area contributed by atoms with Crippen LogP contribution in [0.5, 0.6) is 0 Å². The number of fused-ring (bicyclic) bond motifs is 3. The zero-order valence-electron chi connectivity index (χ0n) is 23.1. The molecule has 9 nitrogen and oxygen atoms in total. The van der Waals surface area contributed by atoms with Gasteiger partial charge in [0.1, 0.15) is 17.8 Å². The number of H-pyrrole nitrogens is 1. The van der Waals surface area contributed by atoms with Crippen LogP contribution in [-0.2, 0) is 0 Å². The molecule has 1 saturated carbocycles. The Kier molecular flexibility index (Phi) is 6.01. The Balaban J connectivity index is 1.19. The number of benzene rings is 2. The lowest BCUT2D eigenvalue weighted by atomic mass is 9.90. The van der Waals surface area contributed by atoms with Crippen LogP contribution in [0.1, 0.15) is 31.7 Å². The number of nitrogen functional groups attached to an aromatic ring is 1. The van der Waals surface area contributed by atoms with Crippen LogP contribution in [-0.4, -0.2) is 79.0 Å². The molecule has 6 aromatic rings. The first kappa shape index (κ1) is 24.9. The summed E-state index contributed by atoms with van der Waals surface area (Å²) in [6.07, 6.45) is 7.99. The van der Waals surface area contributed by atoms with Gasteiger partial charge in [0.2, 0.25) is 0 Å². The molecule has 41 heavy (non-hydrogen) atoms. The van der Waals surface area contributed by atoms with E-state index >= 15 is 0 Å². The highest BCUT2D eigenvalue weighted by Crippen LogP contribution is 2.42. The monoisotopic (exact) mass is 563 g/mol. The van der Waals surface area contributed by atoms with Crippen molar-refractivity contribution in [2.45, 2.75) is 37.8 Å². The number of nitrogens with zero attached hydrogens (tertiary/aromatic N) is 7. The molecule has 3 N–H and O–H groups in total. The number of thiophene rings is 1. The van der Waals surface area contributed by atoms with Crippen molar-refractivity contribution in [1.29, 1.82) is 0 Å². The van der Waals surface area contributed by atoms with Gasteiger partial charge in [-0.05, 0) is 62.4 Å². The van der Waals surface area contributed by atoms with E-state index < -0.39 is 0 Å². The smallest absolute Gasteiger partial charge is 0.164 e. The largest absolute Gasteiger partial charge is 0.383 e. The van der Waals surface area contributed by atoms with E-state index in [9.17, 15) is 0 Å². The summed E-state index contributed by atoms with van der Waals surface area (Å²) in [6.45, 7) is 4.66. The lowest BCUT2D eigenvalue weighted by molar-refractivity contribution is 0.0815. The van der Waals surface area contributed by atoms with E-state index in [1.54, 1.807) is 17.7 Å². The number of likely N-dealkylation sites (N-methyl/N-ethyl adjacent to an activating group) is 1. The number of aromatic amines is 1. The molecule has 1 aliphatic heterocycles. The fourth-order valence-electron chi connectivity index (χ4n) is 6.81. The minimum Gasteiger partial charge on any atom is -0.383 e. The molecular formula is C31H33N9S. The van der Waals surface area contributed by atoms with E-state index in [-0.39, 0.29) is 0 Å². The topological polar surface area (TPSA) is 105 Å². The third-order valence-electron chi connectivity index (χ3n) is 9.10. The Labute approximate surface area is 242 Å². The highest BCUT2D eigenvalue weighted by atomic mass is 32.1. The Hall–Kier alpha value is -3.86. The molecule has 2 aromatic carbocycles. The quantitative estimate of drug-likeness (QED) is 0.289. The first-order valence-electron chi connectivity index (χ1n) is 14.5. The lowest BCUT2D eigenvalue weighted by Gasteiger charge is -2.41. The normalized spacial score (nSPS) is 20.9. The molecule has 0 unspecified atom stereocenters. The summed E-state index contributed by atoms with van der Waals surface area (Å²) >= 11 is 1.79. The van der Waals surface area contributed by atoms with Gasteiger partial charge in [-0.1, -0.05) is 18.2 Å². The fraction of sp³-hybridized carbons (Fsp3) is 0.355. The van der Waals surface area contributed by atoms with Gasteiger partial charge < -0.3 is 10.6 Å². The van der Waals surface area contributed by atoms with Crippen molar-refractivity contribution in [3.63, 3.8) is 0 Å². The Morgan fingerprint density at radius 3 is 2.56 bits per heavy atom. The molecule has 8 rings (SSSR count). The SMILES string of the molecule is CN1CCN([C@H]2CC[C@@H](n3nc(-c4cc(-c5cc6ccccc6s5)c5[nH]ncc5c4)c4c(N)ncnc43)CC2)CC1. The molecule has 0 bridgehead atoms. The van der Waals surface area contributed by atoms with E-state index in [2.05, 4.69) is 79.2 Å². The van der Waals surface area contributed by atoms with Crippen LogP contribution in [0, 0.1) is 0 Å². The summed E-state index contributed by atoms with van der Waals surface area (Å²) in [5.74, 6) is 0.470. The maximum atomic E-state index is 6.53. The molecule has 1 aliphatic carbocycles. The summed E-state index contributed by atoms with van der Waals surface area (Å²) in [6, 6.07) is 16.1. The summed E-state index contributed by atoms with van der Waals surface area (Å²) in [4.78, 5) is 15.4. The van der Waals surface area contributed by atoms with Crippen molar-refractivity contribution >= 4 is 49.2 Å². The molecule has 4 aromatic heterocycles. The van der Waals surface area contributed by atoms with E-state index in [4.69, 9.17) is 15.8 Å². The van der Waals surface area contributed by atoms with E-state index in [0.717, 1.165) is 64.7 Å².